The molecule has 0 aliphatic carbocycles. The van der Waals surface area contributed by atoms with Gasteiger partial charge in [0.2, 0.25) is 0 Å². The van der Waals surface area contributed by atoms with E-state index < -0.39 is 0 Å². The standard InChI is InChI=1S/C15H18FN5/c1-3-12-10(9-20(2)19-12)14-8-18-15(17)21(14)13-7-5-4-6-11(13)16/h4-7,9,14H,3,8H2,1-2H3,(H2,17,18). The summed E-state index contributed by atoms with van der Waals surface area (Å²) in [6, 6.07) is 6.51. The summed E-state index contributed by atoms with van der Waals surface area (Å²) in [5.74, 6) is 0.0421. The van der Waals surface area contributed by atoms with E-state index in [4.69, 9.17) is 5.73 Å². The molecule has 0 fully saturated rings. The Morgan fingerprint density at radius 3 is 2.86 bits per heavy atom. The van der Waals surface area contributed by atoms with Crippen molar-refractivity contribution in [2.75, 3.05) is 11.4 Å². The van der Waals surface area contributed by atoms with Crippen LogP contribution in [0.2, 0.25) is 0 Å². The van der Waals surface area contributed by atoms with Crippen LogP contribution in [0, 0.1) is 5.82 Å². The van der Waals surface area contributed by atoms with E-state index in [0.29, 0.717) is 18.2 Å². The van der Waals surface area contributed by atoms with Gasteiger partial charge < -0.3 is 10.6 Å². The number of aromatic nitrogens is 2. The monoisotopic (exact) mass is 287 g/mol. The second-order valence-electron chi connectivity index (χ2n) is 5.09. The minimum atomic E-state index is -0.301. The van der Waals surface area contributed by atoms with Crippen molar-refractivity contribution in [3.63, 3.8) is 0 Å². The van der Waals surface area contributed by atoms with Gasteiger partial charge >= 0.3 is 0 Å². The molecule has 0 saturated heterocycles. The highest BCUT2D eigenvalue weighted by Gasteiger charge is 2.32. The van der Waals surface area contributed by atoms with E-state index in [2.05, 4.69) is 17.0 Å². The van der Waals surface area contributed by atoms with Crippen LogP contribution in [-0.2, 0) is 13.5 Å². The summed E-state index contributed by atoms with van der Waals surface area (Å²) in [5, 5.41) is 4.45. The molecule has 1 unspecified atom stereocenters. The van der Waals surface area contributed by atoms with Crippen LogP contribution in [0.25, 0.3) is 0 Å². The van der Waals surface area contributed by atoms with Gasteiger partial charge in [-0.05, 0) is 18.6 Å². The smallest absolute Gasteiger partial charge is 0.196 e. The lowest BCUT2D eigenvalue weighted by molar-refractivity contribution is 0.619. The van der Waals surface area contributed by atoms with Crippen molar-refractivity contribution >= 4 is 11.6 Å². The number of aryl methyl sites for hydroxylation is 2. The second-order valence-corrected chi connectivity index (χ2v) is 5.09. The molecule has 1 aromatic heterocycles. The lowest BCUT2D eigenvalue weighted by atomic mass is 10.0. The molecule has 5 nitrogen and oxygen atoms in total. The fraction of sp³-hybridized carbons (Fsp3) is 0.333. The van der Waals surface area contributed by atoms with E-state index in [0.717, 1.165) is 17.7 Å². The summed E-state index contributed by atoms with van der Waals surface area (Å²) in [6.45, 7) is 2.57. The predicted molar refractivity (Wildman–Crippen MR) is 80.7 cm³/mol. The number of hydrogen-bond donors (Lipinski definition) is 1. The van der Waals surface area contributed by atoms with Crippen LogP contribution in [0.3, 0.4) is 0 Å². The number of anilines is 1. The molecule has 0 saturated carbocycles. The number of nitrogens with zero attached hydrogens (tertiary/aromatic N) is 4. The van der Waals surface area contributed by atoms with Crippen molar-refractivity contribution in [3.05, 3.63) is 47.5 Å². The van der Waals surface area contributed by atoms with Crippen molar-refractivity contribution in [1.82, 2.24) is 9.78 Å². The molecule has 0 bridgehead atoms. The van der Waals surface area contributed by atoms with E-state index in [1.807, 2.05) is 13.2 Å². The Bertz CT molecular complexity index is 691. The molecule has 21 heavy (non-hydrogen) atoms. The van der Waals surface area contributed by atoms with E-state index in [1.54, 1.807) is 27.8 Å². The molecule has 0 radical (unpaired) electrons. The van der Waals surface area contributed by atoms with E-state index in [9.17, 15) is 4.39 Å². The van der Waals surface area contributed by atoms with Crippen LogP contribution in [0.1, 0.15) is 24.2 Å². The van der Waals surface area contributed by atoms with Gasteiger partial charge in [0.15, 0.2) is 5.96 Å². The van der Waals surface area contributed by atoms with Crippen LogP contribution < -0.4 is 10.6 Å². The molecule has 3 rings (SSSR count). The van der Waals surface area contributed by atoms with Gasteiger partial charge in [-0.3, -0.25) is 9.67 Å². The number of nitrogens with two attached hydrogens (primary N) is 1. The Hall–Kier alpha value is -2.37. The number of guanidine groups is 1. The number of benzene rings is 1. The van der Waals surface area contributed by atoms with Crippen molar-refractivity contribution in [2.45, 2.75) is 19.4 Å². The Morgan fingerprint density at radius 1 is 1.38 bits per heavy atom. The average molecular weight is 287 g/mol. The minimum absolute atomic E-state index is 0.106. The lowest BCUT2D eigenvalue weighted by Gasteiger charge is -2.26. The molecule has 0 spiro atoms. The molecule has 0 amide bonds. The summed E-state index contributed by atoms with van der Waals surface area (Å²) < 4.78 is 15.9. The van der Waals surface area contributed by atoms with Gasteiger partial charge in [0, 0.05) is 18.8 Å². The van der Waals surface area contributed by atoms with Crippen molar-refractivity contribution in [1.29, 1.82) is 0 Å². The van der Waals surface area contributed by atoms with Crippen molar-refractivity contribution in [2.24, 2.45) is 17.8 Å². The molecule has 1 aliphatic rings. The average Bonchev–Trinajstić information content (AvgIpc) is 3.02. The molecule has 1 aromatic carbocycles. The topological polar surface area (TPSA) is 59.4 Å². The van der Waals surface area contributed by atoms with Crippen LogP contribution in [0.15, 0.2) is 35.5 Å². The van der Waals surface area contributed by atoms with Crippen molar-refractivity contribution < 1.29 is 4.39 Å². The van der Waals surface area contributed by atoms with Gasteiger partial charge in [-0.1, -0.05) is 19.1 Å². The largest absolute Gasteiger partial charge is 0.369 e. The third kappa shape index (κ3) is 2.26. The normalized spacial score (nSPS) is 18.1. The number of rotatable bonds is 3. The second kappa shape index (κ2) is 5.20. The van der Waals surface area contributed by atoms with Gasteiger partial charge in [-0.15, -0.1) is 0 Å². The molecule has 2 heterocycles. The summed E-state index contributed by atoms with van der Waals surface area (Å²) in [5.41, 5.74) is 8.48. The third-order valence-corrected chi connectivity index (χ3v) is 3.73. The predicted octanol–water partition coefficient (Wildman–Crippen LogP) is 2.00. The quantitative estimate of drug-likeness (QED) is 0.939. The highest BCUT2D eigenvalue weighted by Crippen LogP contribution is 2.33. The maximum atomic E-state index is 14.1. The highest BCUT2D eigenvalue weighted by molar-refractivity contribution is 5.97. The number of hydrogen-bond acceptors (Lipinski definition) is 4. The third-order valence-electron chi connectivity index (χ3n) is 3.73. The molecule has 2 aromatic rings. The molecular formula is C15H18FN5. The minimum Gasteiger partial charge on any atom is -0.369 e. The SMILES string of the molecule is CCc1nn(C)cc1C1CN=C(N)N1c1ccccc1F. The van der Waals surface area contributed by atoms with Crippen LogP contribution in [-0.4, -0.2) is 22.3 Å². The van der Waals surface area contributed by atoms with Crippen LogP contribution >= 0.6 is 0 Å². The Morgan fingerprint density at radius 2 is 2.14 bits per heavy atom. The number of para-hydroxylation sites is 1. The first-order chi connectivity index (χ1) is 10.1. The zero-order chi connectivity index (χ0) is 15.0. The molecule has 1 atom stereocenters. The molecular weight excluding hydrogens is 269 g/mol. The van der Waals surface area contributed by atoms with E-state index in [-0.39, 0.29) is 11.9 Å². The van der Waals surface area contributed by atoms with Crippen LogP contribution in [0.4, 0.5) is 10.1 Å². The summed E-state index contributed by atoms with van der Waals surface area (Å²) in [6.07, 6.45) is 2.78. The van der Waals surface area contributed by atoms with Crippen molar-refractivity contribution in [3.8, 4) is 0 Å². The molecule has 6 heteroatoms. The zero-order valence-electron chi connectivity index (χ0n) is 12.1. The maximum absolute atomic E-state index is 14.1. The lowest BCUT2D eigenvalue weighted by Crippen LogP contribution is -2.36. The van der Waals surface area contributed by atoms with E-state index >= 15 is 0 Å². The molecule has 2 N–H and O–H groups in total. The first-order valence-corrected chi connectivity index (χ1v) is 6.98. The van der Waals surface area contributed by atoms with E-state index in [1.165, 1.54) is 6.07 Å². The summed E-state index contributed by atoms with van der Waals surface area (Å²) in [7, 11) is 1.88. The summed E-state index contributed by atoms with van der Waals surface area (Å²) in [4.78, 5) is 6.05. The Labute approximate surface area is 122 Å². The zero-order valence-corrected chi connectivity index (χ0v) is 12.1. The Balaban J connectivity index is 2.05. The van der Waals surface area contributed by atoms with Gasteiger partial charge in [-0.25, -0.2) is 4.39 Å². The van der Waals surface area contributed by atoms with Gasteiger partial charge in [0.25, 0.3) is 0 Å². The Kier molecular flexibility index (Phi) is 3.37. The highest BCUT2D eigenvalue weighted by atomic mass is 19.1. The number of halogens is 1. The number of aliphatic imine (C=N–C) groups is 1. The molecule has 1 aliphatic heterocycles. The van der Waals surface area contributed by atoms with Crippen LogP contribution in [0.5, 0.6) is 0 Å². The summed E-state index contributed by atoms with van der Waals surface area (Å²) >= 11 is 0. The van der Waals surface area contributed by atoms with Gasteiger partial charge in [0.05, 0.1) is 24.0 Å². The van der Waals surface area contributed by atoms with Gasteiger partial charge in [-0.2, -0.15) is 5.10 Å². The molecule has 110 valence electrons. The first-order valence-electron chi connectivity index (χ1n) is 6.98. The fourth-order valence-electron chi connectivity index (χ4n) is 2.78. The fourth-order valence-corrected chi connectivity index (χ4v) is 2.78. The first kappa shape index (κ1) is 13.6. The maximum Gasteiger partial charge on any atom is 0.196 e. The van der Waals surface area contributed by atoms with Gasteiger partial charge in [0.1, 0.15) is 5.82 Å².